The maximum Gasteiger partial charge on any atom is 0.255 e. The zero-order chi connectivity index (χ0) is 15.3. The minimum Gasteiger partial charge on any atom is -0.335 e. The van der Waals surface area contributed by atoms with Gasteiger partial charge in [0.15, 0.2) is 0 Å². The molecule has 0 aliphatic rings. The van der Waals surface area contributed by atoms with Gasteiger partial charge in [-0.15, -0.1) is 0 Å². The maximum absolute atomic E-state index is 12.9. The molecule has 1 aromatic rings. The molecule has 1 aromatic carbocycles. The van der Waals surface area contributed by atoms with Crippen LogP contribution in [-0.4, -0.2) is 23.4 Å². The quantitative estimate of drug-likeness (QED) is 0.534. The third-order valence-electron chi connectivity index (χ3n) is 3.36. The number of carbonyl (C=O) groups is 1. The summed E-state index contributed by atoms with van der Waals surface area (Å²) in [5, 5.41) is 0. The Morgan fingerprint density at radius 1 is 1.30 bits per heavy atom. The first-order valence-electron chi connectivity index (χ1n) is 7.16. The third-order valence-corrected chi connectivity index (χ3v) is 4.80. The lowest BCUT2D eigenvalue weighted by Crippen LogP contribution is -2.42. The first kappa shape index (κ1) is 18.0. The number of rotatable bonds is 6. The summed E-state index contributed by atoms with van der Waals surface area (Å²) in [7, 11) is 0. The number of nitrogens with zero attached hydrogens (tertiary/aromatic N) is 1. The van der Waals surface area contributed by atoms with Crippen LogP contribution in [0.4, 0.5) is 0 Å². The van der Waals surface area contributed by atoms with Crippen molar-refractivity contribution < 1.29 is 4.79 Å². The van der Waals surface area contributed by atoms with Crippen LogP contribution in [0.1, 0.15) is 50.9 Å². The van der Waals surface area contributed by atoms with Crippen LogP contribution in [0.15, 0.2) is 22.7 Å². The Kier molecular flexibility index (Phi) is 7.51. The monoisotopic (exact) mass is 451 g/mol. The van der Waals surface area contributed by atoms with Crippen molar-refractivity contribution in [3.63, 3.8) is 0 Å². The molecule has 0 fully saturated rings. The van der Waals surface area contributed by atoms with E-state index in [0.717, 1.165) is 33.0 Å². The van der Waals surface area contributed by atoms with Crippen LogP contribution in [0.25, 0.3) is 0 Å². The Labute approximate surface area is 144 Å². The highest BCUT2D eigenvalue weighted by Gasteiger charge is 2.24. The average Bonchev–Trinajstić information content (AvgIpc) is 2.40. The van der Waals surface area contributed by atoms with Crippen molar-refractivity contribution in [1.82, 2.24) is 4.90 Å². The molecule has 0 saturated heterocycles. The lowest BCUT2D eigenvalue weighted by Gasteiger charge is -2.32. The number of carbonyl (C=O) groups excluding carboxylic acids is 1. The van der Waals surface area contributed by atoms with Crippen molar-refractivity contribution in [3.05, 3.63) is 31.8 Å². The van der Waals surface area contributed by atoms with E-state index in [1.807, 2.05) is 18.2 Å². The van der Waals surface area contributed by atoms with Gasteiger partial charge in [-0.1, -0.05) is 43.6 Å². The Balaban J connectivity index is 3.12. The molecule has 0 unspecified atom stereocenters. The molecular formula is C16H23BrINO. The molecule has 112 valence electrons. The lowest BCUT2D eigenvalue weighted by atomic mass is 10.1. The minimum atomic E-state index is 0.151. The molecule has 0 spiro atoms. The van der Waals surface area contributed by atoms with E-state index in [0.29, 0.717) is 12.0 Å². The summed E-state index contributed by atoms with van der Waals surface area (Å²) in [6.45, 7) is 9.44. The highest BCUT2D eigenvalue weighted by molar-refractivity contribution is 14.1. The summed E-state index contributed by atoms with van der Waals surface area (Å²) in [5.41, 5.74) is 0.799. The number of amides is 1. The molecule has 0 aromatic heterocycles. The summed E-state index contributed by atoms with van der Waals surface area (Å²) in [5.74, 6) is 0.627. The maximum atomic E-state index is 12.9. The second kappa shape index (κ2) is 8.37. The second-order valence-electron chi connectivity index (χ2n) is 5.45. The Morgan fingerprint density at radius 3 is 2.40 bits per heavy atom. The van der Waals surface area contributed by atoms with Crippen molar-refractivity contribution in [1.29, 1.82) is 0 Å². The van der Waals surface area contributed by atoms with Crippen molar-refractivity contribution in [2.45, 2.75) is 46.6 Å². The Hall–Kier alpha value is -0.100. The van der Waals surface area contributed by atoms with Crippen LogP contribution in [0.3, 0.4) is 0 Å². The predicted octanol–water partition coefficient (Wildman–Crippen LogP) is 5.34. The zero-order valence-electron chi connectivity index (χ0n) is 12.6. The van der Waals surface area contributed by atoms with Gasteiger partial charge >= 0.3 is 0 Å². The fourth-order valence-corrected chi connectivity index (χ4v) is 3.26. The van der Waals surface area contributed by atoms with Gasteiger partial charge in [0.2, 0.25) is 0 Å². The van der Waals surface area contributed by atoms with E-state index in [9.17, 15) is 4.79 Å². The SMILES string of the molecule is CCC(CC)N(CC(C)C)C(=O)c1cc(Br)ccc1I. The molecule has 1 amide bonds. The lowest BCUT2D eigenvalue weighted by molar-refractivity contribution is 0.0639. The molecule has 0 N–H and O–H groups in total. The van der Waals surface area contributed by atoms with E-state index in [-0.39, 0.29) is 5.91 Å². The average molecular weight is 452 g/mol. The molecule has 0 bridgehead atoms. The molecule has 0 aliphatic heterocycles. The second-order valence-corrected chi connectivity index (χ2v) is 7.52. The molecular weight excluding hydrogens is 429 g/mol. The highest BCUT2D eigenvalue weighted by atomic mass is 127. The molecule has 1 rings (SSSR count). The van der Waals surface area contributed by atoms with Crippen molar-refractivity contribution in [2.75, 3.05) is 6.54 Å². The smallest absolute Gasteiger partial charge is 0.255 e. The van der Waals surface area contributed by atoms with Crippen LogP contribution in [0.2, 0.25) is 0 Å². The van der Waals surface area contributed by atoms with Crippen molar-refractivity contribution in [2.24, 2.45) is 5.92 Å². The van der Waals surface area contributed by atoms with Crippen LogP contribution >= 0.6 is 38.5 Å². The van der Waals surface area contributed by atoms with Gasteiger partial charge in [0, 0.05) is 20.6 Å². The fraction of sp³-hybridized carbons (Fsp3) is 0.562. The molecule has 0 heterocycles. The number of halogens is 2. The predicted molar refractivity (Wildman–Crippen MR) is 97.1 cm³/mol. The van der Waals surface area contributed by atoms with Gasteiger partial charge in [-0.05, 0) is 59.5 Å². The standard InChI is InChI=1S/C16H23BrINO/c1-5-13(6-2)19(10-11(3)4)16(20)14-9-12(17)7-8-15(14)18/h7-9,11,13H,5-6,10H2,1-4H3. The van der Waals surface area contributed by atoms with E-state index in [4.69, 9.17) is 0 Å². The largest absolute Gasteiger partial charge is 0.335 e. The van der Waals surface area contributed by atoms with Crippen LogP contribution in [0.5, 0.6) is 0 Å². The molecule has 0 saturated carbocycles. The van der Waals surface area contributed by atoms with Gasteiger partial charge in [0.05, 0.1) is 5.56 Å². The van der Waals surface area contributed by atoms with Gasteiger partial charge in [-0.25, -0.2) is 0 Å². The Morgan fingerprint density at radius 2 is 1.90 bits per heavy atom. The van der Waals surface area contributed by atoms with E-state index in [1.165, 1.54) is 0 Å². The van der Waals surface area contributed by atoms with Gasteiger partial charge < -0.3 is 4.90 Å². The van der Waals surface area contributed by atoms with E-state index in [2.05, 4.69) is 71.1 Å². The first-order valence-corrected chi connectivity index (χ1v) is 9.03. The summed E-state index contributed by atoms with van der Waals surface area (Å²) < 4.78 is 1.96. The zero-order valence-corrected chi connectivity index (χ0v) is 16.4. The molecule has 2 nitrogen and oxygen atoms in total. The van der Waals surface area contributed by atoms with E-state index < -0.39 is 0 Å². The van der Waals surface area contributed by atoms with Gasteiger partial charge in [-0.2, -0.15) is 0 Å². The normalized spacial score (nSPS) is 11.2. The third kappa shape index (κ3) is 4.72. The molecule has 20 heavy (non-hydrogen) atoms. The number of hydrogen-bond acceptors (Lipinski definition) is 1. The number of hydrogen-bond donors (Lipinski definition) is 0. The molecule has 0 atom stereocenters. The van der Waals surface area contributed by atoms with Gasteiger partial charge in [0.1, 0.15) is 0 Å². The summed E-state index contributed by atoms with van der Waals surface area (Å²) in [6, 6.07) is 6.21. The van der Waals surface area contributed by atoms with Crippen LogP contribution in [-0.2, 0) is 0 Å². The molecule has 0 radical (unpaired) electrons. The topological polar surface area (TPSA) is 20.3 Å². The van der Waals surface area contributed by atoms with Crippen molar-refractivity contribution in [3.8, 4) is 0 Å². The van der Waals surface area contributed by atoms with E-state index >= 15 is 0 Å². The fourth-order valence-electron chi connectivity index (χ4n) is 2.34. The highest BCUT2D eigenvalue weighted by Crippen LogP contribution is 2.22. The Bertz CT molecular complexity index is 458. The van der Waals surface area contributed by atoms with Crippen molar-refractivity contribution >= 4 is 44.4 Å². The molecule has 0 aliphatic carbocycles. The van der Waals surface area contributed by atoms with Crippen LogP contribution < -0.4 is 0 Å². The first-order chi connectivity index (χ1) is 9.40. The summed E-state index contributed by atoms with van der Waals surface area (Å²) in [4.78, 5) is 15.0. The molecule has 4 heteroatoms. The minimum absolute atomic E-state index is 0.151. The number of benzene rings is 1. The van der Waals surface area contributed by atoms with Gasteiger partial charge in [0.25, 0.3) is 5.91 Å². The van der Waals surface area contributed by atoms with Crippen LogP contribution in [0, 0.1) is 9.49 Å². The summed E-state index contributed by atoms with van der Waals surface area (Å²) >= 11 is 5.70. The van der Waals surface area contributed by atoms with Gasteiger partial charge in [-0.3, -0.25) is 4.79 Å². The summed E-state index contributed by atoms with van der Waals surface area (Å²) in [6.07, 6.45) is 2.00. The van der Waals surface area contributed by atoms with E-state index in [1.54, 1.807) is 0 Å².